The smallest absolute Gasteiger partial charge is 0.271 e. The number of non-ortho nitro benzene ring substituents is 1. The first-order chi connectivity index (χ1) is 15.0. The SMILES string of the molecule is CCOCCn1c(=NC(=O)CCSc2ccc(OC)cc2)sc2ccc([N+](=O)[O-])cc21. The quantitative estimate of drug-likeness (QED) is 0.194. The van der Waals surface area contributed by atoms with Crippen molar-refractivity contribution in [1.29, 1.82) is 0 Å². The molecule has 3 aromatic rings. The van der Waals surface area contributed by atoms with Crippen LogP contribution in [0, 0.1) is 10.1 Å². The number of hydrogen-bond donors (Lipinski definition) is 0. The molecule has 10 heteroatoms. The monoisotopic (exact) mass is 461 g/mol. The summed E-state index contributed by atoms with van der Waals surface area (Å²) in [6, 6.07) is 12.3. The number of nitro groups is 1. The fourth-order valence-electron chi connectivity index (χ4n) is 2.86. The van der Waals surface area contributed by atoms with Crippen LogP contribution in [0.2, 0.25) is 0 Å². The fourth-order valence-corrected chi connectivity index (χ4v) is 4.76. The van der Waals surface area contributed by atoms with Crippen LogP contribution in [-0.4, -0.2) is 41.5 Å². The van der Waals surface area contributed by atoms with Crippen molar-refractivity contribution in [2.45, 2.75) is 24.8 Å². The number of nitro benzene ring substituents is 1. The number of thiazole rings is 1. The number of rotatable bonds is 10. The minimum atomic E-state index is -0.428. The van der Waals surface area contributed by atoms with E-state index in [-0.39, 0.29) is 18.0 Å². The average molecular weight is 462 g/mol. The van der Waals surface area contributed by atoms with Gasteiger partial charge in [0.15, 0.2) is 4.80 Å². The van der Waals surface area contributed by atoms with Crippen molar-refractivity contribution in [2.24, 2.45) is 4.99 Å². The second kappa shape index (κ2) is 11.1. The van der Waals surface area contributed by atoms with Crippen LogP contribution in [0.15, 0.2) is 52.4 Å². The standard InChI is InChI=1S/C21H23N3O5S2/c1-3-29-12-11-23-18-14-15(24(26)27)4-9-19(18)31-21(23)22-20(25)10-13-30-17-7-5-16(28-2)6-8-17/h4-9,14H,3,10-13H2,1-2H3. The van der Waals surface area contributed by atoms with Crippen LogP contribution in [0.5, 0.6) is 5.75 Å². The van der Waals surface area contributed by atoms with Gasteiger partial charge < -0.3 is 14.0 Å². The minimum Gasteiger partial charge on any atom is -0.497 e. The van der Waals surface area contributed by atoms with E-state index in [1.54, 1.807) is 24.9 Å². The third-order valence-corrected chi connectivity index (χ3v) is 6.48. The van der Waals surface area contributed by atoms with Crippen LogP contribution in [0.3, 0.4) is 0 Å². The maximum atomic E-state index is 12.5. The third kappa shape index (κ3) is 6.16. The molecule has 8 nitrogen and oxygen atoms in total. The van der Waals surface area contributed by atoms with Crippen molar-refractivity contribution < 1.29 is 19.2 Å². The van der Waals surface area contributed by atoms with Gasteiger partial charge in [-0.05, 0) is 37.3 Å². The molecule has 0 N–H and O–H groups in total. The Bertz CT molecular complexity index is 1120. The molecule has 0 atom stereocenters. The first-order valence-electron chi connectivity index (χ1n) is 9.71. The Kier molecular flexibility index (Phi) is 8.21. The summed E-state index contributed by atoms with van der Waals surface area (Å²) in [5.41, 5.74) is 0.683. The molecule has 164 valence electrons. The Morgan fingerprint density at radius 2 is 2.03 bits per heavy atom. The summed E-state index contributed by atoms with van der Waals surface area (Å²) in [6.45, 7) is 3.36. The molecule has 2 aromatic carbocycles. The minimum absolute atomic E-state index is 0.00391. The highest BCUT2D eigenvalue weighted by molar-refractivity contribution is 7.99. The summed E-state index contributed by atoms with van der Waals surface area (Å²) in [5, 5.41) is 11.2. The number of nitrogens with zero attached hydrogens (tertiary/aromatic N) is 3. The van der Waals surface area contributed by atoms with Crippen LogP contribution < -0.4 is 9.54 Å². The molecular weight excluding hydrogens is 438 g/mol. The molecular formula is C21H23N3O5S2. The zero-order chi connectivity index (χ0) is 22.2. The molecule has 3 rings (SSSR count). The van der Waals surface area contributed by atoms with Gasteiger partial charge in [0, 0.05) is 42.4 Å². The van der Waals surface area contributed by atoms with Crippen LogP contribution in [0.25, 0.3) is 10.2 Å². The van der Waals surface area contributed by atoms with E-state index in [0.29, 0.717) is 35.8 Å². The van der Waals surface area contributed by atoms with Gasteiger partial charge in [0.1, 0.15) is 5.75 Å². The third-order valence-electron chi connectivity index (χ3n) is 4.40. The van der Waals surface area contributed by atoms with Gasteiger partial charge in [-0.3, -0.25) is 14.9 Å². The van der Waals surface area contributed by atoms with Crippen LogP contribution >= 0.6 is 23.1 Å². The Morgan fingerprint density at radius 1 is 1.26 bits per heavy atom. The molecule has 0 saturated heterocycles. The Labute approximate surface area is 187 Å². The molecule has 0 aliphatic heterocycles. The van der Waals surface area contributed by atoms with E-state index < -0.39 is 4.92 Å². The number of aromatic nitrogens is 1. The van der Waals surface area contributed by atoms with Crippen LogP contribution in [0.4, 0.5) is 5.69 Å². The lowest BCUT2D eigenvalue weighted by Gasteiger charge is -2.05. The molecule has 0 fully saturated rings. The molecule has 31 heavy (non-hydrogen) atoms. The van der Waals surface area contributed by atoms with E-state index in [9.17, 15) is 14.9 Å². The van der Waals surface area contributed by atoms with E-state index in [1.807, 2.05) is 35.8 Å². The normalized spacial score (nSPS) is 11.7. The van der Waals surface area contributed by atoms with E-state index in [2.05, 4.69) is 4.99 Å². The van der Waals surface area contributed by atoms with Gasteiger partial charge in [-0.25, -0.2) is 0 Å². The molecule has 0 unspecified atom stereocenters. The average Bonchev–Trinajstić information content (AvgIpc) is 3.10. The zero-order valence-corrected chi connectivity index (χ0v) is 18.9. The first kappa shape index (κ1) is 23.0. The van der Waals surface area contributed by atoms with Gasteiger partial charge in [0.2, 0.25) is 5.91 Å². The number of carbonyl (C=O) groups is 1. The summed E-state index contributed by atoms with van der Waals surface area (Å²) in [6.07, 6.45) is 0.288. The van der Waals surface area contributed by atoms with Crippen LogP contribution in [-0.2, 0) is 16.1 Å². The second-order valence-electron chi connectivity index (χ2n) is 6.42. The number of amides is 1. The number of methoxy groups -OCH3 is 1. The topological polar surface area (TPSA) is 96.0 Å². The molecule has 0 spiro atoms. The van der Waals surface area contributed by atoms with Gasteiger partial charge in [0.25, 0.3) is 5.69 Å². The predicted octanol–water partition coefficient (Wildman–Crippen LogP) is 4.27. The number of hydrogen-bond acceptors (Lipinski definition) is 7. The van der Waals surface area contributed by atoms with Gasteiger partial charge in [-0.2, -0.15) is 4.99 Å². The lowest BCUT2D eigenvalue weighted by atomic mass is 10.3. The number of carbonyl (C=O) groups excluding carboxylic acids is 1. The van der Waals surface area contributed by atoms with Gasteiger partial charge >= 0.3 is 0 Å². The highest BCUT2D eigenvalue weighted by Gasteiger charge is 2.13. The number of fused-ring (bicyclic) bond motifs is 1. The molecule has 0 aliphatic rings. The maximum Gasteiger partial charge on any atom is 0.271 e. The van der Waals surface area contributed by atoms with E-state index >= 15 is 0 Å². The molecule has 1 heterocycles. The van der Waals surface area contributed by atoms with Gasteiger partial charge in [0.05, 0.1) is 28.9 Å². The highest BCUT2D eigenvalue weighted by atomic mass is 32.2. The summed E-state index contributed by atoms with van der Waals surface area (Å²) in [7, 11) is 1.62. The summed E-state index contributed by atoms with van der Waals surface area (Å²) in [5.74, 6) is 1.16. The van der Waals surface area contributed by atoms with Crippen molar-refractivity contribution in [3.05, 3.63) is 57.4 Å². The molecule has 0 bridgehead atoms. The van der Waals surface area contributed by atoms with Crippen molar-refractivity contribution in [2.75, 3.05) is 26.1 Å². The summed E-state index contributed by atoms with van der Waals surface area (Å²) in [4.78, 5) is 29.1. The van der Waals surface area contributed by atoms with E-state index in [0.717, 1.165) is 15.3 Å². The molecule has 1 aromatic heterocycles. The predicted molar refractivity (Wildman–Crippen MR) is 122 cm³/mol. The van der Waals surface area contributed by atoms with Crippen molar-refractivity contribution in [3.8, 4) is 5.75 Å². The van der Waals surface area contributed by atoms with Gasteiger partial charge in [-0.15, -0.1) is 11.8 Å². The molecule has 0 aliphatic carbocycles. The fraction of sp³-hybridized carbons (Fsp3) is 0.333. The molecule has 0 saturated carbocycles. The van der Waals surface area contributed by atoms with Gasteiger partial charge in [-0.1, -0.05) is 11.3 Å². The van der Waals surface area contributed by atoms with Crippen molar-refractivity contribution >= 4 is 44.9 Å². The Balaban J connectivity index is 1.77. The molecule has 1 amide bonds. The highest BCUT2D eigenvalue weighted by Crippen LogP contribution is 2.24. The van der Waals surface area contributed by atoms with E-state index in [1.165, 1.54) is 23.5 Å². The number of ether oxygens (including phenoxy) is 2. The number of benzene rings is 2. The van der Waals surface area contributed by atoms with Crippen LogP contribution in [0.1, 0.15) is 13.3 Å². The molecule has 0 radical (unpaired) electrons. The van der Waals surface area contributed by atoms with Crippen molar-refractivity contribution in [3.63, 3.8) is 0 Å². The largest absolute Gasteiger partial charge is 0.497 e. The summed E-state index contributed by atoms with van der Waals surface area (Å²) < 4.78 is 13.2. The first-order valence-corrected chi connectivity index (χ1v) is 11.5. The summed E-state index contributed by atoms with van der Waals surface area (Å²) >= 11 is 2.92. The Hall–Kier alpha value is -2.69. The lowest BCUT2D eigenvalue weighted by Crippen LogP contribution is -2.19. The zero-order valence-electron chi connectivity index (χ0n) is 17.3. The number of thioether (sulfide) groups is 1. The van der Waals surface area contributed by atoms with Crippen molar-refractivity contribution in [1.82, 2.24) is 4.57 Å². The maximum absolute atomic E-state index is 12.5. The lowest BCUT2D eigenvalue weighted by molar-refractivity contribution is -0.384. The Morgan fingerprint density at radius 3 is 2.71 bits per heavy atom. The second-order valence-corrected chi connectivity index (χ2v) is 8.60. The van der Waals surface area contributed by atoms with E-state index in [4.69, 9.17) is 9.47 Å².